The van der Waals surface area contributed by atoms with Gasteiger partial charge in [0.25, 0.3) is 0 Å². The molecule has 25 heavy (non-hydrogen) atoms. The van der Waals surface area contributed by atoms with E-state index in [-0.39, 0.29) is 57.9 Å². The van der Waals surface area contributed by atoms with Gasteiger partial charge in [-0.2, -0.15) is 0 Å². The van der Waals surface area contributed by atoms with Crippen molar-refractivity contribution in [1.29, 1.82) is 0 Å². The summed E-state index contributed by atoms with van der Waals surface area (Å²) >= 11 is 0. The summed E-state index contributed by atoms with van der Waals surface area (Å²) in [5.41, 5.74) is 8.44. The molecular weight excluding hydrogens is 424 g/mol. The molecule has 0 unspecified atom stereocenters. The van der Waals surface area contributed by atoms with Gasteiger partial charge in [0.2, 0.25) is 0 Å². The molecule has 0 aromatic heterocycles. The second-order valence-corrected chi connectivity index (χ2v) is 11.8. The van der Waals surface area contributed by atoms with Crippen LogP contribution in [0.5, 0.6) is 0 Å². The Kier molecular flexibility index (Phi) is 12.2. The van der Waals surface area contributed by atoms with Crippen LogP contribution in [-0.2, 0) is 28.1 Å². The average Bonchev–Trinajstić information content (AvgIpc) is 2.73. The molecule has 1 radical (unpaired) electrons. The number of allylic oxidation sites excluding steroid dienone is 1. The number of nitrogens with zero attached hydrogens (tertiary/aromatic N) is 1. The molecule has 135 valence electrons. The molecule has 0 spiro atoms. The van der Waals surface area contributed by atoms with Crippen LogP contribution in [0.25, 0.3) is 11.4 Å². The SMILES string of the molecule is CC1=Cc2c([N-]C(C)(C=[Si](C)C)C=[Si](C)C)ccc(F)c2C1.[Cl-].[Cl-].[Ti+3]. The topological polar surface area (TPSA) is 14.1 Å². The first-order chi connectivity index (χ1) is 10.2. The van der Waals surface area contributed by atoms with Gasteiger partial charge in [0, 0.05) is 0 Å². The Hall–Kier alpha value is 0.158. The van der Waals surface area contributed by atoms with Gasteiger partial charge in [-0.1, -0.05) is 56.4 Å². The molecular formula is C18H25Cl2FNSi2Ti. The van der Waals surface area contributed by atoms with Crippen LogP contribution in [0.15, 0.2) is 17.7 Å². The van der Waals surface area contributed by atoms with Crippen molar-refractivity contribution < 1.29 is 50.9 Å². The summed E-state index contributed by atoms with van der Waals surface area (Å²) < 4.78 is 14.0. The second-order valence-electron chi connectivity index (χ2n) is 6.91. The fraction of sp³-hybridized carbons (Fsp3) is 0.444. The molecule has 0 heterocycles. The molecule has 7 heteroatoms. The van der Waals surface area contributed by atoms with Gasteiger partial charge in [-0.3, -0.25) is 0 Å². The van der Waals surface area contributed by atoms with Gasteiger partial charge in [-0.05, 0) is 47.4 Å². The van der Waals surface area contributed by atoms with Crippen LogP contribution < -0.4 is 24.8 Å². The van der Waals surface area contributed by atoms with Gasteiger partial charge >= 0.3 is 21.7 Å². The summed E-state index contributed by atoms with van der Waals surface area (Å²) in [6.07, 6.45) is 2.80. The van der Waals surface area contributed by atoms with E-state index in [0.29, 0.717) is 6.42 Å². The monoisotopic (exact) mass is 448 g/mol. The molecule has 0 amide bonds. The van der Waals surface area contributed by atoms with Crippen LogP contribution in [-0.4, -0.2) is 33.7 Å². The molecule has 1 aliphatic carbocycles. The van der Waals surface area contributed by atoms with Crippen molar-refractivity contribution in [2.75, 3.05) is 0 Å². The maximum absolute atomic E-state index is 14.0. The van der Waals surface area contributed by atoms with E-state index in [2.05, 4.69) is 57.5 Å². The fourth-order valence-electron chi connectivity index (χ4n) is 3.17. The number of hydrogen-bond donors (Lipinski definition) is 0. The molecule has 0 fully saturated rings. The van der Waals surface area contributed by atoms with Crippen molar-refractivity contribution in [3.8, 4) is 0 Å². The quantitative estimate of drug-likeness (QED) is 0.515. The Bertz CT molecular complexity index is 677. The third-order valence-corrected chi connectivity index (χ3v) is 5.97. The average molecular weight is 449 g/mol. The van der Waals surface area contributed by atoms with Crippen molar-refractivity contribution in [1.82, 2.24) is 0 Å². The van der Waals surface area contributed by atoms with Gasteiger partial charge in [0.05, 0.1) is 0 Å². The van der Waals surface area contributed by atoms with E-state index >= 15 is 0 Å². The first kappa shape index (κ1) is 27.4. The molecule has 0 bridgehead atoms. The van der Waals surface area contributed by atoms with E-state index in [1.807, 2.05) is 6.07 Å². The van der Waals surface area contributed by atoms with E-state index in [4.69, 9.17) is 5.32 Å². The molecule has 1 aliphatic rings. The summed E-state index contributed by atoms with van der Waals surface area (Å²) in [6.45, 7) is 13.4. The Morgan fingerprint density at radius 2 is 1.60 bits per heavy atom. The van der Waals surface area contributed by atoms with Gasteiger partial charge in [0.1, 0.15) is 5.82 Å². The minimum atomic E-state index is -0.511. The minimum Gasteiger partial charge on any atom is -1.00 e. The maximum atomic E-state index is 14.0. The second kappa shape index (κ2) is 11.1. The first-order valence-electron chi connectivity index (χ1n) is 7.74. The molecule has 0 saturated heterocycles. The molecule has 0 atom stereocenters. The third-order valence-electron chi connectivity index (χ3n) is 3.65. The zero-order valence-electron chi connectivity index (χ0n) is 15.7. The Morgan fingerprint density at radius 1 is 1.08 bits per heavy atom. The van der Waals surface area contributed by atoms with Crippen molar-refractivity contribution in [2.24, 2.45) is 0 Å². The first-order valence-corrected chi connectivity index (χ1v) is 12.9. The summed E-state index contributed by atoms with van der Waals surface area (Å²) in [4.78, 5) is 0. The fourth-order valence-corrected chi connectivity index (χ4v) is 5.98. The van der Waals surface area contributed by atoms with Crippen molar-refractivity contribution in [3.05, 3.63) is 40.0 Å². The van der Waals surface area contributed by atoms with Crippen LogP contribution in [0.1, 0.15) is 25.0 Å². The van der Waals surface area contributed by atoms with Gasteiger partial charge in [-0.15, -0.1) is 17.0 Å². The number of fused-ring (bicyclic) bond motifs is 1. The largest absolute Gasteiger partial charge is 3.00 e. The third kappa shape index (κ3) is 7.35. The predicted molar refractivity (Wildman–Crippen MR) is 102 cm³/mol. The molecule has 2 rings (SSSR count). The minimum absolute atomic E-state index is 0. The normalized spacial score (nSPS) is 11.7. The van der Waals surface area contributed by atoms with E-state index < -0.39 is 16.8 Å². The smallest absolute Gasteiger partial charge is 1.00 e. The van der Waals surface area contributed by atoms with E-state index in [0.717, 1.165) is 16.8 Å². The van der Waals surface area contributed by atoms with Gasteiger partial charge in [-0.25, -0.2) is 4.39 Å². The summed E-state index contributed by atoms with van der Waals surface area (Å²) in [5.74, 6) is -0.108. The van der Waals surface area contributed by atoms with E-state index in [9.17, 15) is 4.39 Å². The molecule has 1 nitrogen and oxygen atoms in total. The number of rotatable bonds is 4. The summed E-state index contributed by atoms with van der Waals surface area (Å²) in [6, 6.07) is 3.40. The number of halogens is 3. The summed E-state index contributed by atoms with van der Waals surface area (Å²) in [7, 11) is -1.02. The Labute approximate surface area is 182 Å². The number of benzene rings is 1. The molecule has 0 saturated carbocycles. The van der Waals surface area contributed by atoms with Crippen LogP contribution in [0, 0.1) is 5.82 Å². The van der Waals surface area contributed by atoms with Gasteiger partial charge in [0.15, 0.2) is 0 Å². The molecule has 0 N–H and O–H groups in total. The summed E-state index contributed by atoms with van der Waals surface area (Å²) in [5, 5.41) is 5.05. The van der Waals surface area contributed by atoms with Crippen LogP contribution in [0.3, 0.4) is 0 Å². The van der Waals surface area contributed by atoms with Crippen LogP contribution in [0.2, 0.25) is 26.2 Å². The van der Waals surface area contributed by atoms with Crippen molar-refractivity contribution >= 4 is 39.9 Å². The molecule has 1 aromatic carbocycles. The van der Waals surface area contributed by atoms with Crippen molar-refractivity contribution in [3.63, 3.8) is 0 Å². The van der Waals surface area contributed by atoms with Crippen molar-refractivity contribution in [2.45, 2.75) is 52.0 Å². The molecule has 1 aromatic rings. The number of hydrogen-bond acceptors (Lipinski definition) is 0. The van der Waals surface area contributed by atoms with Crippen LogP contribution in [0.4, 0.5) is 10.1 Å². The maximum Gasteiger partial charge on any atom is 3.00 e. The Morgan fingerprint density at radius 3 is 2.08 bits per heavy atom. The molecule has 0 aliphatic heterocycles. The van der Waals surface area contributed by atoms with E-state index in [1.54, 1.807) is 6.07 Å². The predicted octanol–water partition coefficient (Wildman–Crippen LogP) is -1.17. The standard InChI is InChI=1S/C18H25FNSi2.2ClH.Ti/c1-13-9-14-15(10-13)17(8-7-16(14)19)20-18(2,11-21(3)4)12-22(5)6;;;/h7-8,10-12H,9H2,1-6H3;2*1H;/q-1;;;+3/p-2. The van der Waals surface area contributed by atoms with Crippen LogP contribution >= 0.6 is 0 Å². The zero-order chi connectivity index (χ0) is 16.5. The zero-order valence-corrected chi connectivity index (χ0v) is 20.7. The van der Waals surface area contributed by atoms with Gasteiger partial charge < -0.3 is 30.1 Å². The van der Waals surface area contributed by atoms with E-state index in [1.165, 1.54) is 5.57 Å². The Balaban J connectivity index is 0.